The van der Waals surface area contributed by atoms with Gasteiger partial charge in [-0.25, -0.2) is 0 Å². The second-order valence-electron chi connectivity index (χ2n) is 6.53. The SMILES string of the molecule is CCOP(=O)(OCC)/C(=C\c1ccccc1)P(=O)(c1ccccc1)c1ccccc1. The first-order chi connectivity index (χ1) is 14.5. The van der Waals surface area contributed by atoms with E-state index in [2.05, 4.69) is 0 Å². The third kappa shape index (κ3) is 4.74. The van der Waals surface area contributed by atoms with Gasteiger partial charge in [-0.15, -0.1) is 0 Å². The number of hydrogen-bond acceptors (Lipinski definition) is 4. The third-order valence-corrected chi connectivity index (χ3v) is 10.8. The molecular weight excluding hydrogens is 414 g/mol. The lowest BCUT2D eigenvalue weighted by atomic mass is 10.2. The lowest BCUT2D eigenvalue weighted by molar-refractivity contribution is 0.228. The Balaban J connectivity index is 2.37. The van der Waals surface area contributed by atoms with Gasteiger partial charge in [0.15, 0.2) is 7.14 Å². The summed E-state index contributed by atoms with van der Waals surface area (Å²) in [7, 11) is -7.38. The van der Waals surface area contributed by atoms with Crippen LogP contribution < -0.4 is 10.6 Å². The van der Waals surface area contributed by atoms with Crippen LogP contribution in [0, 0.1) is 0 Å². The van der Waals surface area contributed by atoms with Crippen LogP contribution in [0.15, 0.2) is 96.1 Å². The van der Waals surface area contributed by atoms with Crippen molar-refractivity contribution in [2.45, 2.75) is 13.8 Å². The minimum Gasteiger partial charge on any atom is -0.308 e. The molecule has 3 rings (SSSR count). The maximum atomic E-state index is 14.9. The van der Waals surface area contributed by atoms with Crippen LogP contribution >= 0.6 is 14.7 Å². The first-order valence-electron chi connectivity index (χ1n) is 9.93. The van der Waals surface area contributed by atoms with E-state index in [0.29, 0.717) is 10.6 Å². The van der Waals surface area contributed by atoms with Crippen molar-refractivity contribution in [2.24, 2.45) is 0 Å². The largest absolute Gasteiger partial charge is 0.365 e. The fourth-order valence-electron chi connectivity index (χ4n) is 3.24. The predicted octanol–water partition coefficient (Wildman–Crippen LogP) is 6.27. The molecule has 0 aromatic heterocycles. The van der Waals surface area contributed by atoms with Gasteiger partial charge in [-0.2, -0.15) is 0 Å². The van der Waals surface area contributed by atoms with Crippen LogP contribution in [-0.4, -0.2) is 13.2 Å². The van der Waals surface area contributed by atoms with Gasteiger partial charge < -0.3 is 13.6 Å². The molecule has 0 heterocycles. The summed E-state index contributed by atoms with van der Waals surface area (Å²) in [5.41, 5.74) is 0.777. The minimum atomic E-state index is -3.85. The average molecular weight is 440 g/mol. The maximum absolute atomic E-state index is 14.9. The van der Waals surface area contributed by atoms with Gasteiger partial charge in [0.2, 0.25) is 0 Å². The Hall–Kier alpha value is -2.22. The highest BCUT2D eigenvalue weighted by Crippen LogP contribution is 2.72. The van der Waals surface area contributed by atoms with Gasteiger partial charge in [0.25, 0.3) is 0 Å². The molecule has 0 bridgehead atoms. The summed E-state index contributed by atoms with van der Waals surface area (Å²) in [4.78, 5) is 0. The first kappa shape index (κ1) is 22.5. The zero-order chi connectivity index (χ0) is 21.5. The number of benzene rings is 3. The quantitative estimate of drug-likeness (QED) is 0.368. The van der Waals surface area contributed by atoms with Crippen molar-refractivity contribution in [3.8, 4) is 0 Å². The highest BCUT2D eigenvalue weighted by molar-refractivity contribution is 7.93. The minimum absolute atomic E-state index is 0.174. The van der Waals surface area contributed by atoms with Crippen LogP contribution in [-0.2, 0) is 18.2 Å². The van der Waals surface area contributed by atoms with E-state index in [0.717, 1.165) is 5.56 Å². The molecule has 0 aliphatic carbocycles. The fourth-order valence-corrected chi connectivity index (χ4v) is 9.33. The van der Waals surface area contributed by atoms with Crippen molar-refractivity contribution in [2.75, 3.05) is 13.2 Å². The normalized spacial score (nSPS) is 12.7. The Bertz CT molecular complexity index is 1010. The second-order valence-corrected chi connectivity index (χ2v) is 11.6. The van der Waals surface area contributed by atoms with Gasteiger partial charge in [-0.1, -0.05) is 91.0 Å². The Morgan fingerprint density at radius 2 is 1.10 bits per heavy atom. The molecule has 3 aromatic rings. The van der Waals surface area contributed by atoms with Crippen LogP contribution in [0.1, 0.15) is 19.4 Å². The van der Waals surface area contributed by atoms with Gasteiger partial charge >= 0.3 is 7.60 Å². The first-order valence-corrected chi connectivity index (χ1v) is 13.2. The highest BCUT2D eigenvalue weighted by atomic mass is 31.2. The number of hydrogen-bond donors (Lipinski definition) is 0. The van der Waals surface area contributed by atoms with E-state index in [-0.39, 0.29) is 18.3 Å². The second kappa shape index (κ2) is 10.2. The molecule has 0 aliphatic rings. The van der Waals surface area contributed by atoms with Crippen LogP contribution in [0.3, 0.4) is 0 Å². The summed E-state index contributed by atoms with van der Waals surface area (Å²) in [5, 5.41) is 1.35. The molecule has 0 saturated heterocycles. The van der Waals surface area contributed by atoms with Gasteiger partial charge in [-0.3, -0.25) is 4.57 Å². The van der Waals surface area contributed by atoms with Crippen molar-refractivity contribution in [1.29, 1.82) is 0 Å². The third-order valence-electron chi connectivity index (χ3n) is 4.54. The Kier molecular flexibility index (Phi) is 7.64. The van der Waals surface area contributed by atoms with Gasteiger partial charge in [0, 0.05) is 10.6 Å². The molecule has 4 nitrogen and oxygen atoms in total. The molecule has 0 amide bonds. The Morgan fingerprint density at radius 1 is 0.700 bits per heavy atom. The summed E-state index contributed by atoms with van der Waals surface area (Å²) in [6.07, 6.45) is 1.70. The molecule has 0 radical (unpaired) electrons. The van der Waals surface area contributed by atoms with Crippen LogP contribution in [0.4, 0.5) is 0 Å². The Labute approximate surface area is 178 Å². The summed E-state index contributed by atoms with van der Waals surface area (Å²) in [6, 6.07) is 27.7. The average Bonchev–Trinajstić information content (AvgIpc) is 2.79. The van der Waals surface area contributed by atoms with E-state index in [1.807, 2.05) is 66.7 Å². The Morgan fingerprint density at radius 3 is 1.50 bits per heavy atom. The molecule has 6 heteroatoms. The van der Waals surface area contributed by atoms with Crippen molar-refractivity contribution >= 4 is 31.4 Å². The van der Waals surface area contributed by atoms with Crippen molar-refractivity contribution in [3.05, 3.63) is 102 Å². The smallest absolute Gasteiger partial charge is 0.308 e. The van der Waals surface area contributed by atoms with Crippen LogP contribution in [0.25, 0.3) is 6.08 Å². The number of rotatable bonds is 9. The topological polar surface area (TPSA) is 52.6 Å². The maximum Gasteiger partial charge on any atom is 0.365 e. The summed E-state index contributed by atoms with van der Waals surface area (Å²) in [5.74, 6) is 0. The zero-order valence-corrected chi connectivity index (χ0v) is 19.0. The molecule has 0 atom stereocenters. The summed E-state index contributed by atoms with van der Waals surface area (Å²) < 4.78 is 40.3. The van der Waals surface area contributed by atoms with Gasteiger partial charge in [0.1, 0.15) is 5.06 Å². The standard InChI is InChI=1S/C24H26O4P2/c1-3-27-30(26,28-4-2)24(20-21-14-8-5-9-15-21)29(25,22-16-10-6-11-17-22)23-18-12-7-13-19-23/h5-20H,3-4H2,1-2H3/b24-20-. The van der Waals surface area contributed by atoms with Crippen molar-refractivity contribution in [1.82, 2.24) is 0 Å². The van der Waals surface area contributed by atoms with Crippen LogP contribution in [0.2, 0.25) is 0 Å². The zero-order valence-electron chi connectivity index (χ0n) is 17.2. The molecule has 0 unspecified atom stereocenters. The van der Waals surface area contributed by atoms with E-state index in [9.17, 15) is 9.13 Å². The van der Waals surface area contributed by atoms with Crippen LogP contribution in [0.5, 0.6) is 0 Å². The van der Waals surface area contributed by atoms with Gasteiger partial charge in [-0.05, 0) is 25.5 Å². The van der Waals surface area contributed by atoms with E-state index in [1.54, 1.807) is 44.2 Å². The molecule has 3 aromatic carbocycles. The fraction of sp³-hybridized carbons (Fsp3) is 0.167. The molecule has 156 valence electrons. The molecule has 0 aliphatic heterocycles. The monoisotopic (exact) mass is 440 g/mol. The summed E-state index contributed by atoms with van der Waals surface area (Å²) >= 11 is 0. The van der Waals surface area contributed by atoms with E-state index >= 15 is 0 Å². The predicted molar refractivity (Wildman–Crippen MR) is 125 cm³/mol. The molecule has 30 heavy (non-hydrogen) atoms. The van der Waals surface area contributed by atoms with Crippen molar-refractivity contribution in [3.63, 3.8) is 0 Å². The van der Waals surface area contributed by atoms with Crippen molar-refractivity contribution < 1.29 is 18.2 Å². The molecular formula is C24H26O4P2. The van der Waals surface area contributed by atoms with E-state index in [1.165, 1.54) is 0 Å². The molecule has 0 spiro atoms. The van der Waals surface area contributed by atoms with Gasteiger partial charge in [0.05, 0.1) is 13.2 Å². The molecule has 0 N–H and O–H groups in total. The molecule has 0 saturated carbocycles. The summed E-state index contributed by atoms with van der Waals surface area (Å²) in [6.45, 7) is 3.85. The highest BCUT2D eigenvalue weighted by Gasteiger charge is 2.44. The lowest BCUT2D eigenvalue weighted by Gasteiger charge is -2.28. The molecule has 0 fully saturated rings. The van der Waals surface area contributed by atoms with E-state index in [4.69, 9.17) is 9.05 Å². The lowest BCUT2D eigenvalue weighted by Crippen LogP contribution is -2.18. The van der Waals surface area contributed by atoms with E-state index < -0.39 is 14.7 Å².